The number of hydrogen-bond acceptors (Lipinski definition) is 5. The van der Waals surface area contributed by atoms with Crippen LogP contribution in [0.15, 0.2) is 38.3 Å². The van der Waals surface area contributed by atoms with Gasteiger partial charge in [-0.2, -0.15) is 0 Å². The van der Waals surface area contributed by atoms with E-state index in [4.69, 9.17) is 9.47 Å². The lowest BCUT2D eigenvalue weighted by Crippen LogP contribution is -2.12. The minimum atomic E-state index is -3.62. The molecular formula is C12H12BrNO4S2. The summed E-state index contributed by atoms with van der Waals surface area (Å²) in [6.45, 7) is 0. The standard InChI is InChI=1S/C12H12BrNO4S2/c1-17-10-4-3-8(7-11(10)18-2)14-20(15,16)12-9(13)5-6-19-12/h3-7,14H,1-2H3. The van der Waals surface area contributed by atoms with Crippen LogP contribution in [0.1, 0.15) is 0 Å². The van der Waals surface area contributed by atoms with E-state index in [1.165, 1.54) is 14.2 Å². The average molecular weight is 378 g/mol. The third-order valence-corrected chi connectivity index (χ3v) is 6.52. The van der Waals surface area contributed by atoms with E-state index < -0.39 is 10.0 Å². The van der Waals surface area contributed by atoms with Crippen LogP contribution in [0.3, 0.4) is 0 Å². The molecule has 2 aromatic rings. The van der Waals surface area contributed by atoms with Crippen LogP contribution in [0, 0.1) is 0 Å². The molecule has 0 aliphatic carbocycles. The van der Waals surface area contributed by atoms with Gasteiger partial charge in [-0.1, -0.05) is 0 Å². The van der Waals surface area contributed by atoms with Crippen LogP contribution < -0.4 is 14.2 Å². The quantitative estimate of drug-likeness (QED) is 0.867. The van der Waals surface area contributed by atoms with E-state index in [2.05, 4.69) is 20.7 Å². The van der Waals surface area contributed by atoms with E-state index >= 15 is 0 Å². The Morgan fingerprint density at radius 1 is 1.15 bits per heavy atom. The van der Waals surface area contributed by atoms with Crippen molar-refractivity contribution >= 4 is 43.0 Å². The predicted octanol–water partition coefficient (Wildman–Crippen LogP) is 3.33. The Kier molecular flexibility index (Phi) is 4.56. The molecule has 1 aromatic heterocycles. The summed E-state index contributed by atoms with van der Waals surface area (Å²) in [5.74, 6) is 0.991. The van der Waals surface area contributed by atoms with E-state index in [0.29, 0.717) is 21.7 Å². The maximum Gasteiger partial charge on any atom is 0.272 e. The average Bonchev–Trinajstić information content (AvgIpc) is 2.85. The molecule has 8 heteroatoms. The molecule has 2 rings (SSSR count). The second-order valence-corrected chi connectivity index (χ2v) is 7.38. The molecule has 20 heavy (non-hydrogen) atoms. The summed E-state index contributed by atoms with van der Waals surface area (Å²) in [6, 6.07) is 6.51. The summed E-state index contributed by atoms with van der Waals surface area (Å²) < 4.78 is 38.0. The van der Waals surface area contributed by atoms with Crippen LogP contribution in [0.2, 0.25) is 0 Å². The van der Waals surface area contributed by atoms with Crippen LogP contribution in [0.4, 0.5) is 5.69 Å². The lowest BCUT2D eigenvalue weighted by Gasteiger charge is -2.11. The fourth-order valence-corrected chi connectivity index (χ4v) is 4.96. The van der Waals surface area contributed by atoms with E-state index in [9.17, 15) is 8.42 Å². The largest absolute Gasteiger partial charge is 0.493 e. The normalized spacial score (nSPS) is 11.2. The number of rotatable bonds is 5. The smallest absolute Gasteiger partial charge is 0.272 e. The van der Waals surface area contributed by atoms with Gasteiger partial charge in [-0.05, 0) is 39.5 Å². The van der Waals surface area contributed by atoms with Gasteiger partial charge in [0.1, 0.15) is 0 Å². The van der Waals surface area contributed by atoms with Crippen LogP contribution in [0.5, 0.6) is 11.5 Å². The highest BCUT2D eigenvalue weighted by molar-refractivity contribution is 9.10. The Labute approximate surface area is 129 Å². The first-order valence-electron chi connectivity index (χ1n) is 5.46. The van der Waals surface area contributed by atoms with Gasteiger partial charge in [0.15, 0.2) is 15.7 Å². The summed E-state index contributed by atoms with van der Waals surface area (Å²) in [5, 5.41) is 1.70. The molecule has 0 amide bonds. The molecule has 1 heterocycles. The number of thiophene rings is 1. The van der Waals surface area contributed by atoms with Crippen LogP contribution >= 0.6 is 27.3 Å². The van der Waals surface area contributed by atoms with Crippen molar-refractivity contribution in [2.75, 3.05) is 18.9 Å². The summed E-state index contributed by atoms with van der Waals surface area (Å²) in [7, 11) is -0.610. The molecule has 0 spiro atoms. The summed E-state index contributed by atoms with van der Waals surface area (Å²) >= 11 is 4.35. The molecule has 0 fully saturated rings. The van der Waals surface area contributed by atoms with Gasteiger partial charge in [-0.3, -0.25) is 4.72 Å². The molecule has 5 nitrogen and oxygen atoms in total. The van der Waals surface area contributed by atoms with Gasteiger partial charge in [0.2, 0.25) is 0 Å². The fraction of sp³-hybridized carbons (Fsp3) is 0.167. The summed E-state index contributed by atoms with van der Waals surface area (Å²) in [6.07, 6.45) is 0. The number of halogens is 1. The molecule has 1 aromatic carbocycles. The Morgan fingerprint density at radius 2 is 1.85 bits per heavy atom. The first kappa shape index (κ1) is 15.1. The summed E-state index contributed by atoms with van der Waals surface area (Å²) in [5.41, 5.74) is 0.406. The molecule has 0 bridgehead atoms. The lowest BCUT2D eigenvalue weighted by atomic mass is 10.3. The molecular weight excluding hydrogens is 366 g/mol. The van der Waals surface area contributed by atoms with Gasteiger partial charge in [0.25, 0.3) is 10.0 Å². The minimum Gasteiger partial charge on any atom is -0.493 e. The number of anilines is 1. The second-order valence-electron chi connectivity index (χ2n) is 3.73. The van der Waals surface area contributed by atoms with E-state index in [0.717, 1.165) is 11.3 Å². The zero-order chi connectivity index (χ0) is 14.8. The van der Waals surface area contributed by atoms with Crippen LogP contribution in [0.25, 0.3) is 0 Å². The van der Waals surface area contributed by atoms with E-state index in [1.54, 1.807) is 29.6 Å². The molecule has 0 aliphatic heterocycles. The number of methoxy groups -OCH3 is 2. The van der Waals surface area contributed by atoms with E-state index in [-0.39, 0.29) is 4.21 Å². The lowest BCUT2D eigenvalue weighted by molar-refractivity contribution is 0.355. The number of hydrogen-bond donors (Lipinski definition) is 1. The Balaban J connectivity index is 2.33. The van der Waals surface area contributed by atoms with Gasteiger partial charge in [-0.25, -0.2) is 8.42 Å². The topological polar surface area (TPSA) is 64.6 Å². The molecule has 0 atom stereocenters. The Bertz CT molecular complexity index is 712. The number of sulfonamides is 1. The van der Waals surface area contributed by atoms with Gasteiger partial charge in [0, 0.05) is 10.5 Å². The van der Waals surface area contributed by atoms with Crippen molar-refractivity contribution < 1.29 is 17.9 Å². The Morgan fingerprint density at radius 3 is 2.40 bits per heavy atom. The Hall–Kier alpha value is -1.25. The summed E-state index contributed by atoms with van der Waals surface area (Å²) in [4.78, 5) is 0. The van der Waals surface area contributed by atoms with Gasteiger partial charge in [-0.15, -0.1) is 11.3 Å². The minimum absolute atomic E-state index is 0.229. The zero-order valence-electron chi connectivity index (χ0n) is 10.7. The van der Waals surface area contributed by atoms with Crippen molar-refractivity contribution in [1.82, 2.24) is 0 Å². The number of benzene rings is 1. The van der Waals surface area contributed by atoms with Crippen LogP contribution in [-0.4, -0.2) is 22.6 Å². The number of nitrogens with one attached hydrogen (secondary N) is 1. The second kappa shape index (κ2) is 6.02. The molecule has 0 radical (unpaired) electrons. The first-order valence-corrected chi connectivity index (χ1v) is 8.61. The van der Waals surface area contributed by atoms with Crippen LogP contribution in [-0.2, 0) is 10.0 Å². The predicted molar refractivity (Wildman–Crippen MR) is 82.4 cm³/mol. The monoisotopic (exact) mass is 377 g/mol. The maximum atomic E-state index is 12.2. The highest BCUT2D eigenvalue weighted by Crippen LogP contribution is 2.33. The molecule has 0 unspecified atom stereocenters. The van der Waals surface area contributed by atoms with Crippen molar-refractivity contribution in [3.63, 3.8) is 0 Å². The van der Waals surface area contributed by atoms with Gasteiger partial charge in [0.05, 0.1) is 19.9 Å². The highest BCUT2D eigenvalue weighted by atomic mass is 79.9. The number of ether oxygens (including phenoxy) is 2. The SMILES string of the molecule is COc1ccc(NS(=O)(=O)c2sccc2Br)cc1OC. The molecule has 1 N–H and O–H groups in total. The first-order chi connectivity index (χ1) is 9.47. The van der Waals surface area contributed by atoms with Crippen molar-refractivity contribution in [2.24, 2.45) is 0 Å². The molecule has 0 aliphatic rings. The molecule has 108 valence electrons. The van der Waals surface area contributed by atoms with Gasteiger partial charge < -0.3 is 9.47 Å². The highest BCUT2D eigenvalue weighted by Gasteiger charge is 2.19. The van der Waals surface area contributed by atoms with Crippen molar-refractivity contribution in [3.8, 4) is 11.5 Å². The van der Waals surface area contributed by atoms with Gasteiger partial charge >= 0.3 is 0 Å². The van der Waals surface area contributed by atoms with Crippen molar-refractivity contribution in [3.05, 3.63) is 34.1 Å². The third-order valence-electron chi connectivity index (χ3n) is 2.46. The maximum absolute atomic E-state index is 12.2. The van der Waals surface area contributed by atoms with E-state index in [1.807, 2.05) is 0 Å². The molecule has 0 saturated carbocycles. The fourth-order valence-electron chi connectivity index (χ4n) is 1.57. The third kappa shape index (κ3) is 3.08. The molecule has 0 saturated heterocycles. The van der Waals surface area contributed by atoms with Crippen molar-refractivity contribution in [2.45, 2.75) is 4.21 Å². The zero-order valence-corrected chi connectivity index (χ0v) is 13.9. The van der Waals surface area contributed by atoms with Crippen molar-refractivity contribution in [1.29, 1.82) is 0 Å².